The lowest BCUT2D eigenvalue weighted by Gasteiger charge is -2.16. The SMILES string of the molecule is CCCC(CC)NCc1c(C)nc2scc(C)n12. The molecule has 1 atom stereocenters. The van der Waals surface area contributed by atoms with Gasteiger partial charge in [0.25, 0.3) is 0 Å². The summed E-state index contributed by atoms with van der Waals surface area (Å²) in [6.07, 6.45) is 3.68. The van der Waals surface area contributed by atoms with Gasteiger partial charge in [-0.2, -0.15) is 0 Å². The summed E-state index contributed by atoms with van der Waals surface area (Å²) in [4.78, 5) is 5.74. The van der Waals surface area contributed by atoms with E-state index in [0.29, 0.717) is 6.04 Å². The number of hydrogen-bond acceptors (Lipinski definition) is 3. The van der Waals surface area contributed by atoms with Crippen molar-refractivity contribution in [1.29, 1.82) is 0 Å². The number of nitrogens with zero attached hydrogens (tertiary/aromatic N) is 2. The van der Waals surface area contributed by atoms with E-state index in [1.165, 1.54) is 30.7 Å². The van der Waals surface area contributed by atoms with Gasteiger partial charge in [-0.1, -0.05) is 20.3 Å². The van der Waals surface area contributed by atoms with Crippen molar-refractivity contribution < 1.29 is 0 Å². The third kappa shape index (κ3) is 2.59. The molecule has 100 valence electrons. The Morgan fingerprint density at radius 2 is 2.17 bits per heavy atom. The molecular weight excluding hydrogens is 242 g/mol. The fraction of sp³-hybridized carbons (Fsp3) is 0.643. The maximum Gasteiger partial charge on any atom is 0.194 e. The Kier molecular flexibility index (Phi) is 4.40. The van der Waals surface area contributed by atoms with E-state index in [0.717, 1.165) is 17.2 Å². The quantitative estimate of drug-likeness (QED) is 0.863. The smallest absolute Gasteiger partial charge is 0.194 e. The molecule has 2 heterocycles. The highest BCUT2D eigenvalue weighted by molar-refractivity contribution is 7.15. The number of fused-ring (bicyclic) bond motifs is 1. The lowest BCUT2D eigenvalue weighted by Crippen LogP contribution is -2.28. The van der Waals surface area contributed by atoms with E-state index in [4.69, 9.17) is 0 Å². The molecular formula is C14H23N3S. The Labute approximate surface area is 113 Å². The lowest BCUT2D eigenvalue weighted by atomic mass is 10.1. The van der Waals surface area contributed by atoms with Gasteiger partial charge in [0.05, 0.1) is 11.4 Å². The second kappa shape index (κ2) is 5.85. The maximum atomic E-state index is 4.63. The van der Waals surface area contributed by atoms with Crippen molar-refractivity contribution in [2.75, 3.05) is 0 Å². The zero-order valence-corrected chi connectivity index (χ0v) is 12.6. The number of rotatable bonds is 6. The summed E-state index contributed by atoms with van der Waals surface area (Å²) in [7, 11) is 0. The van der Waals surface area contributed by atoms with Gasteiger partial charge in [0.1, 0.15) is 0 Å². The Morgan fingerprint density at radius 3 is 2.83 bits per heavy atom. The van der Waals surface area contributed by atoms with E-state index >= 15 is 0 Å². The van der Waals surface area contributed by atoms with Crippen molar-refractivity contribution in [3.05, 3.63) is 22.5 Å². The highest BCUT2D eigenvalue weighted by Gasteiger charge is 2.13. The molecule has 1 N–H and O–H groups in total. The van der Waals surface area contributed by atoms with Gasteiger partial charge >= 0.3 is 0 Å². The van der Waals surface area contributed by atoms with Crippen LogP contribution in [-0.4, -0.2) is 15.4 Å². The molecule has 0 saturated heterocycles. The first-order valence-electron chi connectivity index (χ1n) is 6.82. The zero-order valence-electron chi connectivity index (χ0n) is 11.8. The Bertz CT molecular complexity index is 512. The largest absolute Gasteiger partial charge is 0.308 e. The minimum atomic E-state index is 0.624. The van der Waals surface area contributed by atoms with Crippen LogP contribution >= 0.6 is 11.3 Å². The molecule has 0 fully saturated rings. The van der Waals surface area contributed by atoms with Crippen molar-refractivity contribution in [3.8, 4) is 0 Å². The van der Waals surface area contributed by atoms with E-state index < -0.39 is 0 Å². The second-order valence-electron chi connectivity index (χ2n) is 4.91. The van der Waals surface area contributed by atoms with Gasteiger partial charge in [0.15, 0.2) is 4.96 Å². The molecule has 2 rings (SSSR count). The fourth-order valence-electron chi connectivity index (χ4n) is 2.42. The average molecular weight is 265 g/mol. The molecule has 0 radical (unpaired) electrons. The topological polar surface area (TPSA) is 29.3 Å². The standard InChI is InChI=1S/C14H23N3S/c1-5-7-12(6-2)15-8-13-11(4)16-14-17(13)10(3)9-18-14/h9,12,15H,5-8H2,1-4H3. The van der Waals surface area contributed by atoms with Gasteiger partial charge in [-0.3, -0.25) is 4.40 Å². The first-order valence-corrected chi connectivity index (χ1v) is 7.70. The van der Waals surface area contributed by atoms with Crippen LogP contribution in [-0.2, 0) is 6.54 Å². The molecule has 0 saturated carbocycles. The van der Waals surface area contributed by atoms with Crippen molar-refractivity contribution in [3.63, 3.8) is 0 Å². The zero-order chi connectivity index (χ0) is 13.1. The molecule has 0 aromatic carbocycles. The minimum absolute atomic E-state index is 0.624. The van der Waals surface area contributed by atoms with Gasteiger partial charge < -0.3 is 5.32 Å². The van der Waals surface area contributed by atoms with Crippen LogP contribution < -0.4 is 5.32 Å². The van der Waals surface area contributed by atoms with Crippen molar-refractivity contribution in [2.45, 2.75) is 59.5 Å². The number of hydrogen-bond donors (Lipinski definition) is 1. The van der Waals surface area contributed by atoms with Crippen LogP contribution in [0.3, 0.4) is 0 Å². The molecule has 1 unspecified atom stereocenters. The highest BCUT2D eigenvalue weighted by Crippen LogP contribution is 2.20. The van der Waals surface area contributed by atoms with Crippen molar-refractivity contribution in [1.82, 2.24) is 14.7 Å². The summed E-state index contributed by atoms with van der Waals surface area (Å²) in [5, 5.41) is 5.84. The van der Waals surface area contributed by atoms with E-state index in [1.807, 2.05) is 0 Å². The predicted molar refractivity (Wildman–Crippen MR) is 78.4 cm³/mol. The second-order valence-corrected chi connectivity index (χ2v) is 5.75. The predicted octanol–water partition coefficient (Wildman–Crippen LogP) is 3.68. The molecule has 0 aliphatic rings. The summed E-state index contributed by atoms with van der Waals surface area (Å²) in [5.74, 6) is 0. The summed E-state index contributed by atoms with van der Waals surface area (Å²) in [5.41, 5.74) is 3.76. The van der Waals surface area contributed by atoms with Crippen molar-refractivity contribution >= 4 is 16.3 Å². The molecule has 0 spiro atoms. The van der Waals surface area contributed by atoms with Crippen LogP contribution in [0.5, 0.6) is 0 Å². The Morgan fingerprint density at radius 1 is 1.39 bits per heavy atom. The number of aromatic nitrogens is 2. The first kappa shape index (κ1) is 13.6. The normalized spacial score (nSPS) is 13.3. The molecule has 0 aliphatic heterocycles. The number of nitrogens with one attached hydrogen (secondary N) is 1. The summed E-state index contributed by atoms with van der Waals surface area (Å²) in [6.45, 7) is 9.68. The Balaban J connectivity index is 2.15. The summed E-state index contributed by atoms with van der Waals surface area (Å²) in [6, 6.07) is 0.624. The summed E-state index contributed by atoms with van der Waals surface area (Å²) < 4.78 is 2.28. The highest BCUT2D eigenvalue weighted by atomic mass is 32.1. The van der Waals surface area contributed by atoms with Crippen LogP contribution in [0.1, 0.15) is 50.2 Å². The molecule has 0 aliphatic carbocycles. The van der Waals surface area contributed by atoms with Gasteiger partial charge in [-0.25, -0.2) is 4.98 Å². The van der Waals surface area contributed by atoms with Crippen LogP contribution in [0.25, 0.3) is 4.96 Å². The molecule has 2 aromatic heterocycles. The maximum absolute atomic E-state index is 4.63. The van der Waals surface area contributed by atoms with Crippen LogP contribution in [0.4, 0.5) is 0 Å². The minimum Gasteiger partial charge on any atom is -0.308 e. The number of aryl methyl sites for hydroxylation is 2. The van der Waals surface area contributed by atoms with Gasteiger partial charge in [-0.05, 0) is 26.7 Å². The fourth-order valence-corrected chi connectivity index (χ4v) is 3.35. The Hall–Kier alpha value is -0.870. The van der Waals surface area contributed by atoms with Crippen LogP contribution in [0, 0.1) is 13.8 Å². The van der Waals surface area contributed by atoms with E-state index in [1.54, 1.807) is 11.3 Å². The molecule has 2 aromatic rings. The summed E-state index contributed by atoms with van der Waals surface area (Å²) >= 11 is 1.72. The molecule has 4 heteroatoms. The molecule has 3 nitrogen and oxygen atoms in total. The number of imidazole rings is 1. The molecule has 0 amide bonds. The van der Waals surface area contributed by atoms with E-state index in [2.05, 4.69) is 47.8 Å². The van der Waals surface area contributed by atoms with Crippen molar-refractivity contribution in [2.24, 2.45) is 0 Å². The van der Waals surface area contributed by atoms with E-state index in [9.17, 15) is 0 Å². The van der Waals surface area contributed by atoms with Gasteiger partial charge in [0, 0.05) is 23.7 Å². The van der Waals surface area contributed by atoms with Crippen LogP contribution in [0.15, 0.2) is 5.38 Å². The van der Waals surface area contributed by atoms with Gasteiger partial charge in [0.2, 0.25) is 0 Å². The number of thiazole rings is 1. The molecule has 18 heavy (non-hydrogen) atoms. The van der Waals surface area contributed by atoms with Crippen LogP contribution in [0.2, 0.25) is 0 Å². The average Bonchev–Trinajstić information content (AvgIpc) is 2.85. The van der Waals surface area contributed by atoms with Gasteiger partial charge in [-0.15, -0.1) is 11.3 Å². The third-order valence-electron chi connectivity index (χ3n) is 3.52. The first-order chi connectivity index (χ1) is 8.67. The monoisotopic (exact) mass is 265 g/mol. The molecule has 0 bridgehead atoms. The lowest BCUT2D eigenvalue weighted by molar-refractivity contribution is 0.458. The van der Waals surface area contributed by atoms with E-state index in [-0.39, 0.29) is 0 Å². The third-order valence-corrected chi connectivity index (χ3v) is 4.46.